The highest BCUT2D eigenvalue weighted by atomic mass is 31.2. The van der Waals surface area contributed by atoms with Gasteiger partial charge >= 0.3 is 39.5 Å². The summed E-state index contributed by atoms with van der Waals surface area (Å²) >= 11 is 0. The zero-order valence-electron chi connectivity index (χ0n) is 68.5. The van der Waals surface area contributed by atoms with Gasteiger partial charge in [-0.05, 0) is 43.4 Å². The van der Waals surface area contributed by atoms with Gasteiger partial charge in [-0.1, -0.05) is 395 Å². The summed E-state index contributed by atoms with van der Waals surface area (Å²) in [6.45, 7) is 12.0. The molecule has 0 rings (SSSR count). The van der Waals surface area contributed by atoms with E-state index in [0.717, 1.165) is 108 Å². The second-order valence-corrected chi connectivity index (χ2v) is 34.7. The third-order valence-corrected chi connectivity index (χ3v) is 22.1. The quantitative estimate of drug-likeness (QED) is 0.0222. The van der Waals surface area contributed by atoms with Crippen LogP contribution in [0, 0.1) is 17.8 Å². The molecule has 0 amide bonds. The first-order chi connectivity index (χ1) is 50.3. The van der Waals surface area contributed by atoms with E-state index in [4.69, 9.17) is 37.0 Å². The van der Waals surface area contributed by atoms with Crippen molar-refractivity contribution in [1.82, 2.24) is 0 Å². The number of aliphatic hydroxyl groups is 1. The SMILES string of the molecule is CCCCCCCCCCCCCCCCCC(=O)O[C@H](COC(=O)CCCCCCCCCCCC(C)C)COP(=O)(O)OC[C@H](O)COP(=O)(O)OC[C@@H](COC(=O)CCCCCCCCCCCCCCCCC(C)CC)OC(=O)CCCCCCCCCCCCCCCCCCC(C)C. The van der Waals surface area contributed by atoms with Crippen LogP contribution in [0.15, 0.2) is 0 Å². The Bertz CT molecular complexity index is 2010. The Morgan fingerprint density at radius 2 is 0.490 bits per heavy atom. The van der Waals surface area contributed by atoms with Gasteiger partial charge in [0.2, 0.25) is 0 Å². The van der Waals surface area contributed by atoms with E-state index >= 15 is 0 Å². The number of phosphoric acid groups is 2. The molecule has 0 aliphatic rings. The molecule has 0 saturated carbocycles. The van der Waals surface area contributed by atoms with Crippen molar-refractivity contribution in [3.05, 3.63) is 0 Å². The predicted molar refractivity (Wildman–Crippen MR) is 428 cm³/mol. The predicted octanol–water partition coefficient (Wildman–Crippen LogP) is 25.7. The highest BCUT2D eigenvalue weighted by Crippen LogP contribution is 2.45. The molecule has 104 heavy (non-hydrogen) atoms. The van der Waals surface area contributed by atoms with Crippen molar-refractivity contribution in [3.63, 3.8) is 0 Å². The molecule has 0 bridgehead atoms. The van der Waals surface area contributed by atoms with Crippen LogP contribution < -0.4 is 0 Å². The van der Waals surface area contributed by atoms with Gasteiger partial charge in [0.1, 0.15) is 19.3 Å². The molecule has 0 fully saturated rings. The van der Waals surface area contributed by atoms with E-state index in [1.165, 1.54) is 257 Å². The number of carbonyl (C=O) groups excluding carboxylic acids is 4. The lowest BCUT2D eigenvalue weighted by molar-refractivity contribution is -0.161. The molecule has 17 nitrogen and oxygen atoms in total. The molecule has 0 saturated heterocycles. The van der Waals surface area contributed by atoms with Crippen LogP contribution >= 0.6 is 15.6 Å². The largest absolute Gasteiger partial charge is 0.472 e. The first-order valence-corrected chi connectivity index (χ1v) is 46.9. The normalized spacial score (nSPS) is 14.2. The van der Waals surface area contributed by atoms with Crippen LogP contribution in [0.3, 0.4) is 0 Å². The van der Waals surface area contributed by atoms with Crippen LogP contribution in [0.5, 0.6) is 0 Å². The average Bonchev–Trinajstić information content (AvgIpc) is 0.908. The number of hydrogen-bond donors (Lipinski definition) is 3. The second-order valence-electron chi connectivity index (χ2n) is 31.8. The van der Waals surface area contributed by atoms with Gasteiger partial charge in [0.05, 0.1) is 26.4 Å². The van der Waals surface area contributed by atoms with Crippen molar-refractivity contribution in [2.45, 2.75) is 465 Å². The molecular formula is C85H166O17P2. The topological polar surface area (TPSA) is 237 Å². The summed E-state index contributed by atoms with van der Waals surface area (Å²) in [5, 5.41) is 10.7. The number of aliphatic hydroxyl groups excluding tert-OH is 1. The summed E-state index contributed by atoms with van der Waals surface area (Å²) in [5.74, 6) is 0.299. The lowest BCUT2D eigenvalue weighted by Crippen LogP contribution is -2.30. The van der Waals surface area contributed by atoms with Crippen molar-refractivity contribution in [3.8, 4) is 0 Å². The van der Waals surface area contributed by atoms with Gasteiger partial charge in [-0.15, -0.1) is 0 Å². The number of rotatable bonds is 83. The molecule has 19 heteroatoms. The van der Waals surface area contributed by atoms with E-state index in [1.807, 2.05) is 0 Å². The van der Waals surface area contributed by atoms with Crippen LogP contribution in [-0.4, -0.2) is 96.7 Å². The summed E-state index contributed by atoms with van der Waals surface area (Å²) < 4.78 is 68.9. The van der Waals surface area contributed by atoms with Crippen LogP contribution in [0.4, 0.5) is 0 Å². The Morgan fingerprint density at radius 3 is 0.731 bits per heavy atom. The molecule has 0 aromatic rings. The Balaban J connectivity index is 5.26. The summed E-state index contributed by atoms with van der Waals surface area (Å²) in [4.78, 5) is 73.2. The standard InChI is InChI=1S/C85H166O17P2/c1-8-10-11-12-13-14-15-16-19-27-32-39-47-54-61-68-84(89)102-81(73-96-83(88)67-60-53-46-41-34-36-43-50-57-64-77(5)6)75-100-104(93,94)98-71-79(86)70-97-103(91,92)99-74-80(72-95-82(87)66-59-52-45-38-31-26-23-22-25-30-37-44-51-58-65-78(7)9-2)101-85(90)69-62-55-48-40-33-28-21-18-17-20-24-29-35-42-49-56-63-76(3)4/h76-81,86H,8-75H2,1-7H3,(H,91,92)(H,93,94)/t78?,79-,80-,81-/m1/s1. The summed E-state index contributed by atoms with van der Waals surface area (Å²) in [7, 11) is -9.93. The maximum absolute atomic E-state index is 13.1. The second kappa shape index (κ2) is 75.1. The molecule has 3 N–H and O–H groups in total. The first kappa shape index (κ1) is 102. The van der Waals surface area contributed by atoms with E-state index in [9.17, 15) is 43.2 Å². The van der Waals surface area contributed by atoms with E-state index in [2.05, 4.69) is 48.5 Å². The van der Waals surface area contributed by atoms with E-state index < -0.39 is 97.5 Å². The van der Waals surface area contributed by atoms with Gasteiger partial charge in [0.25, 0.3) is 0 Å². The van der Waals surface area contributed by atoms with Gasteiger partial charge < -0.3 is 33.8 Å². The number of esters is 4. The molecule has 0 aromatic carbocycles. The Kier molecular flexibility index (Phi) is 73.7. The van der Waals surface area contributed by atoms with Crippen molar-refractivity contribution in [2.75, 3.05) is 39.6 Å². The summed E-state index contributed by atoms with van der Waals surface area (Å²) in [5.41, 5.74) is 0. The smallest absolute Gasteiger partial charge is 0.462 e. The molecule has 0 aliphatic carbocycles. The van der Waals surface area contributed by atoms with E-state index in [-0.39, 0.29) is 25.7 Å². The number of hydrogen-bond acceptors (Lipinski definition) is 15. The van der Waals surface area contributed by atoms with Crippen molar-refractivity contribution >= 4 is 39.5 Å². The molecule has 6 atom stereocenters. The lowest BCUT2D eigenvalue weighted by atomic mass is 9.99. The highest BCUT2D eigenvalue weighted by Gasteiger charge is 2.30. The molecule has 0 radical (unpaired) electrons. The molecule has 0 heterocycles. The van der Waals surface area contributed by atoms with Gasteiger partial charge in [-0.25, -0.2) is 9.13 Å². The summed E-state index contributed by atoms with van der Waals surface area (Å²) in [6, 6.07) is 0. The zero-order chi connectivity index (χ0) is 76.5. The third kappa shape index (κ3) is 76.8. The number of carbonyl (C=O) groups is 4. The highest BCUT2D eigenvalue weighted by molar-refractivity contribution is 7.47. The number of unbranched alkanes of at least 4 members (excludes halogenated alkanes) is 50. The minimum absolute atomic E-state index is 0.108. The lowest BCUT2D eigenvalue weighted by Gasteiger charge is -2.21. The van der Waals surface area contributed by atoms with Crippen LogP contribution in [0.2, 0.25) is 0 Å². The molecular weight excluding hydrogens is 1350 g/mol. The summed E-state index contributed by atoms with van der Waals surface area (Å²) in [6.07, 6.45) is 65.1. The van der Waals surface area contributed by atoms with Gasteiger partial charge in [0, 0.05) is 25.7 Å². The van der Waals surface area contributed by atoms with Crippen molar-refractivity contribution in [2.24, 2.45) is 17.8 Å². The van der Waals surface area contributed by atoms with Crippen LogP contribution in [0.25, 0.3) is 0 Å². The van der Waals surface area contributed by atoms with E-state index in [1.54, 1.807) is 0 Å². The average molecular weight is 1520 g/mol. The first-order valence-electron chi connectivity index (χ1n) is 43.9. The Labute approximate surface area is 638 Å². The molecule has 0 aromatic heterocycles. The van der Waals surface area contributed by atoms with Crippen molar-refractivity contribution in [1.29, 1.82) is 0 Å². The monoisotopic (exact) mass is 1520 g/mol. The molecule has 618 valence electrons. The minimum atomic E-state index is -4.97. The third-order valence-electron chi connectivity index (χ3n) is 20.2. The van der Waals surface area contributed by atoms with Crippen LogP contribution in [0.1, 0.15) is 447 Å². The number of ether oxygens (including phenoxy) is 4. The maximum Gasteiger partial charge on any atom is 0.472 e. The maximum atomic E-state index is 13.1. The molecule has 0 spiro atoms. The fourth-order valence-corrected chi connectivity index (χ4v) is 14.7. The fraction of sp³-hybridized carbons (Fsp3) is 0.953. The fourth-order valence-electron chi connectivity index (χ4n) is 13.2. The molecule has 0 aliphatic heterocycles. The Morgan fingerprint density at radius 1 is 0.279 bits per heavy atom. The zero-order valence-corrected chi connectivity index (χ0v) is 70.3. The van der Waals surface area contributed by atoms with Crippen LogP contribution in [-0.2, 0) is 65.4 Å². The number of phosphoric ester groups is 2. The van der Waals surface area contributed by atoms with Gasteiger partial charge in [-0.2, -0.15) is 0 Å². The van der Waals surface area contributed by atoms with Gasteiger partial charge in [0.15, 0.2) is 12.2 Å². The molecule has 3 unspecified atom stereocenters. The van der Waals surface area contributed by atoms with Crippen molar-refractivity contribution < 1.29 is 80.2 Å². The Hall–Kier alpha value is -1.94. The van der Waals surface area contributed by atoms with E-state index in [0.29, 0.717) is 25.7 Å². The van der Waals surface area contributed by atoms with Gasteiger partial charge in [-0.3, -0.25) is 37.3 Å². The minimum Gasteiger partial charge on any atom is -0.462 e.